The molecule has 0 aromatic heterocycles. The number of hydrogen-bond donors (Lipinski definition) is 13. The van der Waals surface area contributed by atoms with E-state index in [1.54, 1.807) is 24.3 Å². The van der Waals surface area contributed by atoms with Crippen molar-refractivity contribution in [3.63, 3.8) is 0 Å². The van der Waals surface area contributed by atoms with Crippen LogP contribution in [0.1, 0.15) is 64.9 Å². The number of rotatable bonds is 20. The lowest BCUT2D eigenvalue weighted by Crippen LogP contribution is -2.54. The summed E-state index contributed by atoms with van der Waals surface area (Å²) in [6, 6.07) is 3.16. The normalized spacial score (nSPS) is 29.1. The molecule has 1 saturated carbocycles. The van der Waals surface area contributed by atoms with E-state index in [0.717, 1.165) is 12.0 Å². The second-order valence-corrected chi connectivity index (χ2v) is 19.2. The van der Waals surface area contributed by atoms with Gasteiger partial charge in [-0.3, -0.25) is 38.4 Å². The number of hydrogen-bond acceptors (Lipinski definition) is 13. The molecule has 1 aliphatic carbocycles. The van der Waals surface area contributed by atoms with Gasteiger partial charge < -0.3 is 69.3 Å². The highest BCUT2D eigenvalue weighted by Crippen LogP contribution is 2.27. The molecule has 21 heteroatoms. The van der Waals surface area contributed by atoms with Crippen molar-refractivity contribution in [2.45, 2.75) is 108 Å². The highest BCUT2D eigenvalue weighted by molar-refractivity contribution is 5.87. The quantitative estimate of drug-likeness (QED) is 0.0601. The second-order valence-electron chi connectivity index (χ2n) is 19.2. The van der Waals surface area contributed by atoms with Crippen molar-refractivity contribution in [1.82, 2.24) is 58.5 Å². The maximum atomic E-state index is 13.9. The Morgan fingerprint density at radius 1 is 0.576 bits per heavy atom. The topological polar surface area (TPSA) is 315 Å². The molecular weight excluding hydrogens is 853 g/mol. The van der Waals surface area contributed by atoms with Crippen LogP contribution in [0.2, 0.25) is 0 Å². The summed E-state index contributed by atoms with van der Waals surface area (Å²) in [4.78, 5) is 105. The first-order valence-electron chi connectivity index (χ1n) is 23.5. The van der Waals surface area contributed by atoms with Crippen LogP contribution in [0.4, 0.5) is 0 Å². The number of phenols is 1. The molecule has 0 radical (unpaired) electrons. The first-order valence-corrected chi connectivity index (χ1v) is 23.5. The Morgan fingerprint density at radius 3 is 1.55 bits per heavy atom. The van der Waals surface area contributed by atoms with Crippen LogP contribution < -0.4 is 64.2 Å². The molecule has 4 aliphatic heterocycles. The van der Waals surface area contributed by atoms with Crippen molar-refractivity contribution < 1.29 is 43.5 Å². The minimum Gasteiger partial charge on any atom is -0.508 e. The largest absolute Gasteiger partial charge is 0.508 e. The minimum atomic E-state index is -0.621. The van der Waals surface area contributed by atoms with E-state index in [-0.39, 0.29) is 65.9 Å². The Labute approximate surface area is 385 Å². The summed E-state index contributed by atoms with van der Waals surface area (Å²) in [5, 5.41) is 43.2. The van der Waals surface area contributed by atoms with Gasteiger partial charge in [0.2, 0.25) is 47.3 Å². The smallest absolute Gasteiger partial charge is 0.226 e. The molecule has 5 aliphatic rings. The molecule has 4 saturated heterocycles. The van der Waals surface area contributed by atoms with E-state index in [9.17, 15) is 43.5 Å². The maximum Gasteiger partial charge on any atom is 0.226 e. The molecule has 14 N–H and O–H groups in total. The number of nitrogens with one attached hydrogen (secondary N) is 11. The summed E-state index contributed by atoms with van der Waals surface area (Å²) >= 11 is 0. The number of aromatic hydroxyl groups is 1. The number of carbonyl (C=O) groups excluding carboxylic acids is 8. The lowest BCUT2D eigenvalue weighted by Gasteiger charge is -2.28. The molecule has 12 atom stereocenters. The number of phenolic OH excluding ortho intramolecular Hbond substituents is 1. The summed E-state index contributed by atoms with van der Waals surface area (Å²) in [6.07, 6.45) is 2.80. The average molecular weight is 923 g/mol. The van der Waals surface area contributed by atoms with Crippen LogP contribution in [-0.4, -0.2) is 147 Å². The Balaban J connectivity index is 0.977. The van der Waals surface area contributed by atoms with E-state index in [2.05, 4.69) is 58.5 Å². The molecule has 1 aromatic carbocycles. The molecule has 66 heavy (non-hydrogen) atoms. The molecule has 0 bridgehead atoms. The van der Waals surface area contributed by atoms with Crippen molar-refractivity contribution >= 4 is 47.3 Å². The van der Waals surface area contributed by atoms with Gasteiger partial charge >= 0.3 is 0 Å². The number of benzene rings is 1. The lowest BCUT2D eigenvalue weighted by atomic mass is 9.95. The molecule has 5 fully saturated rings. The van der Waals surface area contributed by atoms with Crippen LogP contribution in [-0.2, 0) is 44.8 Å². The Morgan fingerprint density at radius 2 is 1.03 bits per heavy atom. The zero-order valence-electron chi connectivity index (χ0n) is 38.2. The molecule has 1 aromatic rings. The highest BCUT2D eigenvalue weighted by atomic mass is 16.3. The van der Waals surface area contributed by atoms with Gasteiger partial charge in [-0.25, -0.2) is 0 Å². The van der Waals surface area contributed by atoms with E-state index in [1.165, 1.54) is 6.92 Å². The standard InChI is InChI=1S/C45H70N12O9/c1-23(2)11-26(13-40(61)54-36-20-48-16-31(36)44(65)55-35-19-47-15-30(35)41(46)62)52-43(64)32-17-49-21-37(32)57-45(66)33-18-50-22-38(33)56-42(63)29-5-4-6-34(29)53-39(60)14-27(51-24(3)58)12-25-7-9-28(59)10-8-25/h7-10,23,26-27,29-38,47-50,59H,4-6,11-22H2,1-3H3,(H2,46,62)(H,51,58)(H,52,64)(H,53,60)(H,54,61)(H,55,65)(H,56,63)(H,57,66)/t26-,27-,29?,30?,31?,32?,33?,34?,35?,36?,37?,38?/m0/s1. The number of primary amides is 1. The van der Waals surface area contributed by atoms with Crippen LogP contribution in [0.5, 0.6) is 5.75 Å². The van der Waals surface area contributed by atoms with E-state index in [0.29, 0.717) is 78.0 Å². The van der Waals surface area contributed by atoms with Gasteiger partial charge in [-0.1, -0.05) is 32.4 Å². The summed E-state index contributed by atoms with van der Waals surface area (Å²) in [5.74, 6) is -5.06. The van der Waals surface area contributed by atoms with Crippen molar-refractivity contribution in [3.8, 4) is 5.75 Å². The summed E-state index contributed by atoms with van der Waals surface area (Å²) in [6.45, 7) is 8.28. The number of carbonyl (C=O) groups is 8. The van der Waals surface area contributed by atoms with Crippen LogP contribution in [0, 0.1) is 35.5 Å². The van der Waals surface area contributed by atoms with Gasteiger partial charge in [0.05, 0.1) is 53.8 Å². The molecule has 6 rings (SSSR count). The van der Waals surface area contributed by atoms with Gasteiger partial charge in [-0.15, -0.1) is 0 Å². The third-order valence-electron chi connectivity index (χ3n) is 13.6. The van der Waals surface area contributed by atoms with Gasteiger partial charge in [0.25, 0.3) is 0 Å². The Bertz CT molecular complexity index is 1920. The monoisotopic (exact) mass is 923 g/mol. The Hall–Kier alpha value is -5.38. The van der Waals surface area contributed by atoms with E-state index < -0.39 is 77.8 Å². The van der Waals surface area contributed by atoms with Gasteiger partial charge in [-0.05, 0) is 49.3 Å². The van der Waals surface area contributed by atoms with Crippen molar-refractivity contribution in [2.24, 2.45) is 41.2 Å². The van der Waals surface area contributed by atoms with E-state index in [1.807, 2.05) is 13.8 Å². The van der Waals surface area contributed by atoms with Crippen LogP contribution in [0.25, 0.3) is 0 Å². The third kappa shape index (κ3) is 13.8. The molecule has 4 heterocycles. The molecule has 364 valence electrons. The SMILES string of the molecule is CC(=O)N[C@H](CC(=O)NC1CCCC1C(=O)NC1CNCC1C(=O)NC1CNCC1C(=O)N[C@H](CC(=O)NC1CNCC1C(=O)NC1CNCC1C(N)=O)CC(C)C)Cc1ccc(O)cc1. The first kappa shape index (κ1) is 50.0. The van der Waals surface area contributed by atoms with Crippen molar-refractivity contribution in [3.05, 3.63) is 29.8 Å². The lowest BCUT2D eigenvalue weighted by molar-refractivity contribution is -0.130. The van der Waals surface area contributed by atoms with Gasteiger partial charge in [0.15, 0.2) is 0 Å². The highest BCUT2D eigenvalue weighted by Gasteiger charge is 2.43. The predicted molar refractivity (Wildman–Crippen MR) is 242 cm³/mol. The number of amides is 8. The molecular formula is C45H70N12O9. The number of nitrogens with two attached hydrogens (primary N) is 1. The third-order valence-corrected chi connectivity index (χ3v) is 13.6. The van der Waals surface area contributed by atoms with Crippen LogP contribution in [0.3, 0.4) is 0 Å². The van der Waals surface area contributed by atoms with Gasteiger partial charge in [0.1, 0.15) is 5.75 Å². The fourth-order valence-corrected chi connectivity index (χ4v) is 10.2. The zero-order chi connectivity index (χ0) is 47.5. The average Bonchev–Trinajstić information content (AvgIpc) is 4.10. The van der Waals surface area contributed by atoms with Crippen LogP contribution >= 0.6 is 0 Å². The summed E-state index contributed by atoms with van der Waals surface area (Å²) in [5.41, 5.74) is 6.36. The van der Waals surface area contributed by atoms with Crippen molar-refractivity contribution in [1.29, 1.82) is 0 Å². The zero-order valence-corrected chi connectivity index (χ0v) is 38.2. The fraction of sp³-hybridized carbons (Fsp3) is 0.689. The maximum absolute atomic E-state index is 13.9. The van der Waals surface area contributed by atoms with Gasteiger partial charge in [-0.2, -0.15) is 0 Å². The minimum absolute atomic E-state index is 0.00455. The Kier molecular flexibility index (Phi) is 17.7. The predicted octanol–water partition coefficient (Wildman–Crippen LogP) is -3.66. The molecule has 10 unspecified atom stereocenters. The van der Waals surface area contributed by atoms with Crippen molar-refractivity contribution in [2.75, 3.05) is 52.4 Å². The second kappa shape index (κ2) is 23.4. The molecule has 8 amide bonds. The summed E-state index contributed by atoms with van der Waals surface area (Å²) in [7, 11) is 0. The fourth-order valence-electron chi connectivity index (χ4n) is 10.2. The summed E-state index contributed by atoms with van der Waals surface area (Å²) < 4.78 is 0. The molecule has 21 nitrogen and oxygen atoms in total. The molecule has 0 spiro atoms. The first-order chi connectivity index (χ1) is 31.5. The van der Waals surface area contributed by atoms with Crippen LogP contribution in [0.15, 0.2) is 24.3 Å². The van der Waals surface area contributed by atoms with E-state index >= 15 is 0 Å². The van der Waals surface area contributed by atoms with Gasteiger partial charge in [0, 0.05) is 90.2 Å². The van der Waals surface area contributed by atoms with E-state index in [4.69, 9.17) is 5.73 Å².